The van der Waals surface area contributed by atoms with E-state index in [4.69, 9.17) is 0 Å². The summed E-state index contributed by atoms with van der Waals surface area (Å²) in [6, 6.07) is 0.578. The average Bonchev–Trinajstić information content (AvgIpc) is 2.92. The number of nitrogens with zero attached hydrogens (tertiary/aromatic N) is 1. The lowest BCUT2D eigenvalue weighted by Gasteiger charge is -2.63. The molecule has 4 saturated carbocycles. The van der Waals surface area contributed by atoms with Crippen LogP contribution in [0.2, 0.25) is 0 Å². The van der Waals surface area contributed by atoms with Crippen LogP contribution in [0.15, 0.2) is 0 Å². The molecular weight excluding hydrogens is 306 g/mol. The molecule has 0 heterocycles. The monoisotopic (exact) mass is 347 g/mol. The van der Waals surface area contributed by atoms with Gasteiger partial charge in [0.15, 0.2) is 0 Å². The summed E-state index contributed by atoms with van der Waals surface area (Å²) in [5.41, 5.74) is 0.784. The van der Waals surface area contributed by atoms with Crippen molar-refractivity contribution in [3.8, 4) is 0 Å². The Kier molecular flexibility index (Phi) is 4.56. The molecule has 2 nitrogen and oxygen atoms in total. The number of hydrogen-bond acceptors (Lipinski definition) is 2. The fraction of sp³-hybridized carbons (Fsp3) is 1.00. The summed E-state index contributed by atoms with van der Waals surface area (Å²) in [6.45, 7) is 7.53. The summed E-state index contributed by atoms with van der Waals surface area (Å²) in [7, 11) is 4.39. The first-order valence-corrected chi connectivity index (χ1v) is 11.2. The van der Waals surface area contributed by atoms with Crippen LogP contribution in [-0.2, 0) is 0 Å². The Morgan fingerprint density at radius 1 is 0.960 bits per heavy atom. The molecule has 0 bridgehead atoms. The highest BCUT2D eigenvalue weighted by Gasteiger charge is 2.62. The molecule has 4 aliphatic carbocycles. The van der Waals surface area contributed by atoms with Crippen molar-refractivity contribution in [1.29, 1.82) is 0 Å². The number of fused-ring (bicyclic) bond motifs is 5. The highest BCUT2D eigenvalue weighted by atomic mass is 16.3. The SMILES string of the molecule is CC[C@H]1CC[C@H]2[C@@H]3CCC4CC(N(C)C)CC(O)[C@]4(C)[C@H]3CC[C@]12C. The molecule has 1 N–H and O–H groups in total. The Morgan fingerprint density at radius 2 is 1.72 bits per heavy atom. The van der Waals surface area contributed by atoms with Crippen molar-refractivity contribution in [3.05, 3.63) is 0 Å². The Hall–Kier alpha value is -0.0800. The second-order valence-electron chi connectivity index (χ2n) is 10.8. The third-order valence-electron chi connectivity index (χ3n) is 10.2. The standard InChI is InChI=1S/C23H41NO/c1-6-15-8-10-19-18-9-7-16-13-17(24(4)5)14-21(25)23(16,3)20(18)11-12-22(15,19)2/h15-21,25H,6-14H2,1-5H3/t15-,16?,17?,18-,19-,20-,21?,22+,23-/m0/s1. The van der Waals surface area contributed by atoms with Gasteiger partial charge in [-0.3, -0.25) is 0 Å². The summed E-state index contributed by atoms with van der Waals surface area (Å²) in [5.74, 6) is 4.30. The summed E-state index contributed by atoms with van der Waals surface area (Å²) >= 11 is 0. The van der Waals surface area contributed by atoms with Gasteiger partial charge in [0.2, 0.25) is 0 Å². The molecule has 9 atom stereocenters. The molecule has 4 aliphatic rings. The quantitative estimate of drug-likeness (QED) is 0.763. The minimum absolute atomic E-state index is 0.0980. The van der Waals surface area contributed by atoms with Crippen molar-refractivity contribution in [2.45, 2.75) is 90.7 Å². The van der Waals surface area contributed by atoms with E-state index in [-0.39, 0.29) is 11.5 Å². The number of rotatable bonds is 2. The Labute approximate surface area is 155 Å². The van der Waals surface area contributed by atoms with E-state index in [1.807, 2.05) is 0 Å². The van der Waals surface area contributed by atoms with Crippen molar-refractivity contribution >= 4 is 0 Å². The fourth-order valence-corrected chi connectivity index (χ4v) is 8.50. The van der Waals surface area contributed by atoms with E-state index < -0.39 is 0 Å². The smallest absolute Gasteiger partial charge is 0.0614 e. The summed E-state index contributed by atoms with van der Waals surface area (Å²) < 4.78 is 0. The molecule has 2 heteroatoms. The lowest BCUT2D eigenvalue weighted by atomic mass is 9.44. The van der Waals surface area contributed by atoms with Crippen LogP contribution in [-0.4, -0.2) is 36.2 Å². The first-order valence-electron chi connectivity index (χ1n) is 11.2. The normalized spacial score (nSPS) is 55.6. The molecule has 25 heavy (non-hydrogen) atoms. The maximum Gasteiger partial charge on any atom is 0.0614 e. The van der Waals surface area contributed by atoms with Crippen LogP contribution in [0.4, 0.5) is 0 Å². The van der Waals surface area contributed by atoms with Crippen LogP contribution in [0.3, 0.4) is 0 Å². The van der Waals surface area contributed by atoms with Crippen LogP contribution in [0.25, 0.3) is 0 Å². The highest BCUT2D eigenvalue weighted by Crippen LogP contribution is 2.67. The molecule has 0 aromatic rings. The largest absolute Gasteiger partial charge is 0.392 e. The lowest BCUT2D eigenvalue weighted by molar-refractivity contribution is -0.173. The van der Waals surface area contributed by atoms with Gasteiger partial charge in [0.25, 0.3) is 0 Å². The van der Waals surface area contributed by atoms with Crippen LogP contribution >= 0.6 is 0 Å². The first-order chi connectivity index (χ1) is 11.8. The minimum atomic E-state index is -0.0980. The topological polar surface area (TPSA) is 23.5 Å². The van der Waals surface area contributed by atoms with E-state index in [1.165, 1.54) is 51.4 Å². The van der Waals surface area contributed by atoms with Gasteiger partial charge in [-0.25, -0.2) is 0 Å². The summed E-state index contributed by atoms with van der Waals surface area (Å²) in [6.07, 6.45) is 12.1. The second kappa shape index (κ2) is 6.23. The minimum Gasteiger partial charge on any atom is -0.392 e. The van der Waals surface area contributed by atoms with E-state index in [1.54, 1.807) is 0 Å². The van der Waals surface area contributed by atoms with E-state index in [9.17, 15) is 5.11 Å². The molecule has 0 amide bonds. The van der Waals surface area contributed by atoms with Gasteiger partial charge in [-0.1, -0.05) is 27.2 Å². The van der Waals surface area contributed by atoms with E-state index in [2.05, 4.69) is 39.8 Å². The predicted octanol–water partition coefficient (Wildman–Crippen LogP) is 4.96. The summed E-state index contributed by atoms with van der Waals surface area (Å²) in [4.78, 5) is 2.36. The molecule has 0 aromatic heterocycles. The average molecular weight is 348 g/mol. The maximum atomic E-state index is 11.3. The molecule has 4 rings (SSSR count). The molecule has 0 saturated heterocycles. The van der Waals surface area contributed by atoms with Gasteiger partial charge in [0, 0.05) is 6.04 Å². The van der Waals surface area contributed by atoms with Gasteiger partial charge in [-0.2, -0.15) is 0 Å². The van der Waals surface area contributed by atoms with Crippen LogP contribution in [0.5, 0.6) is 0 Å². The molecule has 0 aliphatic heterocycles. The molecule has 0 radical (unpaired) electrons. The lowest BCUT2D eigenvalue weighted by Crippen LogP contribution is -2.60. The van der Waals surface area contributed by atoms with Crippen LogP contribution in [0.1, 0.15) is 78.6 Å². The molecular formula is C23H41NO. The first kappa shape index (κ1) is 18.3. The maximum absolute atomic E-state index is 11.3. The Bertz CT molecular complexity index is 504. The molecule has 3 unspecified atom stereocenters. The van der Waals surface area contributed by atoms with Crippen molar-refractivity contribution in [3.63, 3.8) is 0 Å². The highest BCUT2D eigenvalue weighted by molar-refractivity contribution is 5.11. The zero-order valence-electron chi connectivity index (χ0n) is 17.3. The van der Waals surface area contributed by atoms with Crippen molar-refractivity contribution in [2.24, 2.45) is 40.4 Å². The van der Waals surface area contributed by atoms with Crippen molar-refractivity contribution < 1.29 is 5.11 Å². The van der Waals surface area contributed by atoms with E-state index >= 15 is 0 Å². The molecule has 0 aromatic carbocycles. The zero-order chi connectivity index (χ0) is 18.0. The van der Waals surface area contributed by atoms with Crippen LogP contribution in [0, 0.1) is 40.4 Å². The summed E-state index contributed by atoms with van der Waals surface area (Å²) in [5, 5.41) is 11.3. The second-order valence-corrected chi connectivity index (χ2v) is 10.8. The third kappa shape index (κ3) is 2.49. The molecule has 4 fully saturated rings. The van der Waals surface area contributed by atoms with E-state index in [0.29, 0.717) is 11.5 Å². The van der Waals surface area contributed by atoms with Crippen molar-refractivity contribution in [2.75, 3.05) is 14.1 Å². The predicted molar refractivity (Wildman–Crippen MR) is 104 cm³/mol. The van der Waals surface area contributed by atoms with Gasteiger partial charge < -0.3 is 10.0 Å². The Morgan fingerprint density at radius 3 is 2.40 bits per heavy atom. The zero-order valence-corrected chi connectivity index (χ0v) is 17.3. The van der Waals surface area contributed by atoms with Gasteiger partial charge >= 0.3 is 0 Å². The van der Waals surface area contributed by atoms with Gasteiger partial charge in [-0.05, 0) is 106 Å². The van der Waals surface area contributed by atoms with Gasteiger partial charge in [-0.15, -0.1) is 0 Å². The molecule has 144 valence electrons. The fourth-order valence-electron chi connectivity index (χ4n) is 8.50. The van der Waals surface area contributed by atoms with Gasteiger partial charge in [0.05, 0.1) is 6.10 Å². The number of aliphatic hydroxyl groups is 1. The van der Waals surface area contributed by atoms with Gasteiger partial charge in [0.1, 0.15) is 0 Å². The molecule has 0 spiro atoms. The number of hydrogen-bond donors (Lipinski definition) is 1. The Balaban J connectivity index is 1.60. The van der Waals surface area contributed by atoms with E-state index in [0.717, 1.165) is 36.0 Å². The van der Waals surface area contributed by atoms with Crippen molar-refractivity contribution in [1.82, 2.24) is 4.90 Å². The third-order valence-corrected chi connectivity index (χ3v) is 10.2. The number of aliphatic hydroxyl groups excluding tert-OH is 1. The van der Waals surface area contributed by atoms with Crippen LogP contribution < -0.4 is 0 Å².